The Morgan fingerprint density at radius 1 is 1.12 bits per heavy atom. The fraction of sp³-hybridized carbons (Fsp3) is 0.529. The molecular weight excluding hydrogens is 312 g/mol. The van der Waals surface area contributed by atoms with E-state index in [1.807, 2.05) is 4.90 Å². The molecule has 7 heteroatoms. The number of rotatable bonds is 5. The van der Waals surface area contributed by atoms with Gasteiger partial charge < -0.3 is 19.5 Å². The van der Waals surface area contributed by atoms with Crippen molar-refractivity contribution in [1.29, 1.82) is 0 Å². The fourth-order valence-corrected chi connectivity index (χ4v) is 3.12. The van der Waals surface area contributed by atoms with Gasteiger partial charge in [-0.15, -0.1) is 0 Å². The van der Waals surface area contributed by atoms with Crippen molar-refractivity contribution in [2.45, 2.75) is 19.4 Å². The molecule has 1 N–H and O–H groups in total. The number of amides is 1. The maximum absolute atomic E-state index is 12.0. The second-order valence-electron chi connectivity index (χ2n) is 5.72. The van der Waals surface area contributed by atoms with Crippen LogP contribution in [-0.4, -0.2) is 67.2 Å². The lowest BCUT2D eigenvalue weighted by atomic mass is 10.0. The second-order valence-corrected chi connectivity index (χ2v) is 5.72. The molecule has 0 spiro atoms. The summed E-state index contributed by atoms with van der Waals surface area (Å²) < 4.78 is 10.7. The third kappa shape index (κ3) is 3.79. The molecule has 0 aliphatic carbocycles. The molecule has 1 fully saturated rings. The third-order valence-corrected chi connectivity index (χ3v) is 4.30. The molecule has 1 atom stereocenters. The molecule has 1 saturated heterocycles. The summed E-state index contributed by atoms with van der Waals surface area (Å²) in [5, 5.41) is 9.81. The van der Waals surface area contributed by atoms with Crippen molar-refractivity contribution in [3.05, 3.63) is 23.8 Å². The van der Waals surface area contributed by atoms with E-state index in [2.05, 4.69) is 0 Å². The number of aliphatic carboxylic acids is 1. The molecule has 1 aliphatic heterocycles. The maximum atomic E-state index is 12.0. The van der Waals surface area contributed by atoms with Crippen LogP contribution in [0.1, 0.15) is 24.9 Å². The molecule has 0 radical (unpaired) electrons. The van der Waals surface area contributed by atoms with Gasteiger partial charge >= 0.3 is 5.97 Å². The summed E-state index contributed by atoms with van der Waals surface area (Å²) in [7, 11) is 3.02. The number of hydrogen-bond donors (Lipinski definition) is 1. The first kappa shape index (κ1) is 18.1. The Kier molecular flexibility index (Phi) is 6.03. The molecule has 0 unspecified atom stereocenters. The highest BCUT2D eigenvalue weighted by Gasteiger charge is 2.32. The Hall–Kier alpha value is -2.28. The molecule has 1 aliphatic rings. The van der Waals surface area contributed by atoms with E-state index >= 15 is 0 Å². The highest BCUT2D eigenvalue weighted by molar-refractivity contribution is 5.77. The SMILES string of the molecule is COc1cccc([C@H](C(=O)O)N2CCCN(C(C)=O)CC2)c1OC. The van der Waals surface area contributed by atoms with Crippen LogP contribution in [0.4, 0.5) is 0 Å². The third-order valence-electron chi connectivity index (χ3n) is 4.30. The first-order chi connectivity index (χ1) is 11.5. The van der Waals surface area contributed by atoms with E-state index in [1.54, 1.807) is 23.1 Å². The average Bonchev–Trinajstić information content (AvgIpc) is 2.80. The van der Waals surface area contributed by atoms with Crippen LogP contribution in [0.15, 0.2) is 18.2 Å². The number of carbonyl (C=O) groups is 2. The zero-order chi connectivity index (χ0) is 17.7. The van der Waals surface area contributed by atoms with Crippen molar-refractivity contribution >= 4 is 11.9 Å². The zero-order valence-corrected chi connectivity index (χ0v) is 14.3. The lowest BCUT2D eigenvalue weighted by Gasteiger charge is -2.29. The van der Waals surface area contributed by atoms with Crippen LogP contribution >= 0.6 is 0 Å². The summed E-state index contributed by atoms with van der Waals surface area (Å²) in [6, 6.07) is 4.39. The van der Waals surface area contributed by atoms with Crippen LogP contribution in [-0.2, 0) is 9.59 Å². The van der Waals surface area contributed by atoms with Crippen molar-refractivity contribution in [1.82, 2.24) is 9.80 Å². The number of para-hydroxylation sites is 1. The Bertz CT molecular complexity index is 605. The van der Waals surface area contributed by atoms with Crippen LogP contribution in [0.2, 0.25) is 0 Å². The average molecular weight is 336 g/mol. The molecule has 0 aromatic heterocycles. The van der Waals surface area contributed by atoms with E-state index in [9.17, 15) is 14.7 Å². The van der Waals surface area contributed by atoms with Crippen molar-refractivity contribution in [3.8, 4) is 11.5 Å². The number of nitrogens with zero attached hydrogens (tertiary/aromatic N) is 2. The minimum absolute atomic E-state index is 0.0164. The molecule has 0 bridgehead atoms. The molecule has 7 nitrogen and oxygen atoms in total. The van der Waals surface area contributed by atoms with Gasteiger partial charge in [0, 0.05) is 38.7 Å². The molecule has 24 heavy (non-hydrogen) atoms. The highest BCUT2D eigenvalue weighted by atomic mass is 16.5. The zero-order valence-electron chi connectivity index (χ0n) is 14.3. The minimum atomic E-state index is -0.946. The van der Waals surface area contributed by atoms with Crippen LogP contribution in [0.3, 0.4) is 0 Å². The Labute approximate surface area is 141 Å². The van der Waals surface area contributed by atoms with E-state index in [4.69, 9.17) is 9.47 Å². The molecular formula is C17H24N2O5. The van der Waals surface area contributed by atoms with Gasteiger partial charge in [-0.3, -0.25) is 14.5 Å². The van der Waals surface area contributed by atoms with Gasteiger partial charge in [0.25, 0.3) is 0 Å². The van der Waals surface area contributed by atoms with Crippen LogP contribution in [0.25, 0.3) is 0 Å². The standard InChI is InChI=1S/C17H24N2O5/c1-12(20)18-8-5-9-19(11-10-18)15(17(21)22)13-6-4-7-14(23-2)16(13)24-3/h4,6-7,15H,5,8-11H2,1-3H3,(H,21,22)/t15-/m1/s1. The van der Waals surface area contributed by atoms with E-state index in [0.29, 0.717) is 43.2 Å². The van der Waals surface area contributed by atoms with Gasteiger partial charge in [-0.25, -0.2) is 0 Å². The normalized spacial score (nSPS) is 17.0. The van der Waals surface area contributed by atoms with Gasteiger partial charge in [-0.05, 0) is 12.5 Å². The van der Waals surface area contributed by atoms with Crippen molar-refractivity contribution < 1.29 is 24.2 Å². The lowest BCUT2D eigenvalue weighted by Crippen LogP contribution is -2.38. The van der Waals surface area contributed by atoms with Crippen LogP contribution in [0.5, 0.6) is 11.5 Å². The van der Waals surface area contributed by atoms with Gasteiger partial charge in [-0.1, -0.05) is 12.1 Å². The molecule has 132 valence electrons. The van der Waals surface area contributed by atoms with Crippen LogP contribution < -0.4 is 9.47 Å². The van der Waals surface area contributed by atoms with Gasteiger partial charge in [0.15, 0.2) is 11.5 Å². The number of carbonyl (C=O) groups excluding carboxylic acids is 1. The maximum Gasteiger partial charge on any atom is 0.325 e. The van der Waals surface area contributed by atoms with E-state index in [0.717, 1.165) is 6.42 Å². The molecule has 0 saturated carbocycles. The quantitative estimate of drug-likeness (QED) is 0.875. The van der Waals surface area contributed by atoms with Crippen molar-refractivity contribution in [3.63, 3.8) is 0 Å². The fourth-order valence-electron chi connectivity index (χ4n) is 3.12. The number of ether oxygens (including phenoxy) is 2. The lowest BCUT2D eigenvalue weighted by molar-refractivity contribution is -0.143. The van der Waals surface area contributed by atoms with Gasteiger partial charge in [-0.2, -0.15) is 0 Å². The van der Waals surface area contributed by atoms with Gasteiger partial charge in [0.2, 0.25) is 5.91 Å². The Morgan fingerprint density at radius 2 is 1.88 bits per heavy atom. The van der Waals surface area contributed by atoms with Crippen molar-refractivity contribution in [2.24, 2.45) is 0 Å². The summed E-state index contributed by atoms with van der Waals surface area (Å²) in [5.74, 6) is 0.00187. The summed E-state index contributed by atoms with van der Waals surface area (Å²) in [6.07, 6.45) is 0.732. The van der Waals surface area contributed by atoms with Gasteiger partial charge in [0.1, 0.15) is 6.04 Å². The predicted molar refractivity (Wildman–Crippen MR) is 88.4 cm³/mol. The number of benzene rings is 1. The number of carboxylic acids is 1. The van der Waals surface area contributed by atoms with E-state index in [1.165, 1.54) is 21.1 Å². The molecule has 1 amide bonds. The highest BCUT2D eigenvalue weighted by Crippen LogP contribution is 2.37. The first-order valence-electron chi connectivity index (χ1n) is 7.92. The molecule has 1 aromatic rings. The van der Waals surface area contributed by atoms with Crippen molar-refractivity contribution in [2.75, 3.05) is 40.4 Å². The molecule has 2 rings (SSSR count). The monoisotopic (exact) mass is 336 g/mol. The Morgan fingerprint density at radius 3 is 2.46 bits per heavy atom. The number of hydrogen-bond acceptors (Lipinski definition) is 5. The summed E-state index contributed by atoms with van der Waals surface area (Å²) >= 11 is 0. The van der Waals surface area contributed by atoms with E-state index in [-0.39, 0.29) is 5.91 Å². The number of carboxylic acid groups (broad SMARTS) is 1. The summed E-state index contributed by atoms with van der Waals surface area (Å²) in [6.45, 7) is 3.80. The molecule has 1 aromatic carbocycles. The number of methoxy groups -OCH3 is 2. The summed E-state index contributed by atoms with van der Waals surface area (Å²) in [5.41, 5.74) is 0.556. The second kappa shape index (κ2) is 8.01. The first-order valence-corrected chi connectivity index (χ1v) is 7.92. The van der Waals surface area contributed by atoms with E-state index < -0.39 is 12.0 Å². The smallest absolute Gasteiger partial charge is 0.325 e. The Balaban J connectivity index is 2.34. The van der Waals surface area contributed by atoms with Crippen LogP contribution in [0, 0.1) is 0 Å². The topological polar surface area (TPSA) is 79.3 Å². The molecule has 1 heterocycles. The summed E-state index contributed by atoms with van der Waals surface area (Å²) in [4.78, 5) is 27.2. The van der Waals surface area contributed by atoms with Gasteiger partial charge in [0.05, 0.1) is 14.2 Å². The predicted octanol–water partition coefficient (Wildman–Crippen LogP) is 1.38. The largest absolute Gasteiger partial charge is 0.493 e. The minimum Gasteiger partial charge on any atom is -0.493 e.